The summed E-state index contributed by atoms with van der Waals surface area (Å²) in [6, 6.07) is 29.0. The van der Waals surface area contributed by atoms with E-state index in [1.54, 1.807) is 12.1 Å². The number of nitrogens with zero attached hydrogens (tertiary/aromatic N) is 1. The van der Waals surface area contributed by atoms with Gasteiger partial charge in [-0.25, -0.2) is 4.79 Å². The molecule has 2 N–H and O–H groups in total. The molecule has 0 saturated heterocycles. The minimum atomic E-state index is -0.933. The van der Waals surface area contributed by atoms with Gasteiger partial charge in [0.2, 0.25) is 0 Å². The molecule has 1 atom stereocenters. The van der Waals surface area contributed by atoms with Gasteiger partial charge >= 0.3 is 5.97 Å². The van der Waals surface area contributed by atoms with Gasteiger partial charge in [0.1, 0.15) is 0 Å². The molecule has 5 heteroatoms. The SMILES string of the molecule is Cc1ccccc1[C@H](C)NC(=O)c1ccc2c(c1)c(C)c(C)n2Cc1ccc(-c2ccccc2C(=O)O)cc1. The van der Waals surface area contributed by atoms with E-state index in [0.29, 0.717) is 23.2 Å². The Balaban J connectivity index is 1.39. The molecule has 5 aromatic rings. The smallest absolute Gasteiger partial charge is 0.336 e. The van der Waals surface area contributed by atoms with Crippen LogP contribution in [0, 0.1) is 20.8 Å². The fourth-order valence-corrected chi connectivity index (χ4v) is 5.32. The first-order chi connectivity index (χ1) is 18.7. The Bertz CT molecular complexity index is 1700. The van der Waals surface area contributed by atoms with Crippen LogP contribution in [0.5, 0.6) is 0 Å². The van der Waals surface area contributed by atoms with Gasteiger partial charge in [-0.2, -0.15) is 0 Å². The first-order valence-corrected chi connectivity index (χ1v) is 13.1. The summed E-state index contributed by atoms with van der Waals surface area (Å²) in [5, 5.41) is 13.8. The number of benzene rings is 4. The van der Waals surface area contributed by atoms with Crippen LogP contribution in [0.15, 0.2) is 91.0 Å². The highest BCUT2D eigenvalue weighted by Gasteiger charge is 2.17. The van der Waals surface area contributed by atoms with E-state index in [9.17, 15) is 14.7 Å². The van der Waals surface area contributed by atoms with Crippen molar-refractivity contribution in [1.29, 1.82) is 0 Å². The third kappa shape index (κ3) is 5.08. The highest BCUT2D eigenvalue weighted by atomic mass is 16.4. The molecular weight excluding hydrogens is 484 g/mol. The van der Waals surface area contributed by atoms with Crippen molar-refractivity contribution >= 4 is 22.8 Å². The average Bonchev–Trinajstić information content (AvgIpc) is 3.17. The molecule has 0 spiro atoms. The predicted molar refractivity (Wildman–Crippen MR) is 156 cm³/mol. The number of aromatic nitrogens is 1. The zero-order chi connectivity index (χ0) is 27.7. The van der Waals surface area contributed by atoms with Gasteiger partial charge in [-0.1, -0.05) is 66.7 Å². The van der Waals surface area contributed by atoms with E-state index >= 15 is 0 Å². The zero-order valence-corrected chi connectivity index (χ0v) is 22.7. The number of nitrogens with one attached hydrogen (secondary N) is 1. The molecule has 0 unspecified atom stereocenters. The predicted octanol–water partition coefficient (Wildman–Crippen LogP) is 7.47. The summed E-state index contributed by atoms with van der Waals surface area (Å²) < 4.78 is 2.27. The van der Waals surface area contributed by atoms with Gasteiger partial charge in [0.25, 0.3) is 5.91 Å². The average molecular weight is 517 g/mol. The summed E-state index contributed by atoms with van der Waals surface area (Å²) in [6.07, 6.45) is 0. The highest BCUT2D eigenvalue weighted by molar-refractivity contribution is 5.99. The molecule has 1 amide bonds. The number of carbonyl (C=O) groups is 2. The first-order valence-electron chi connectivity index (χ1n) is 13.1. The minimum Gasteiger partial charge on any atom is -0.478 e. The van der Waals surface area contributed by atoms with E-state index in [0.717, 1.165) is 44.4 Å². The van der Waals surface area contributed by atoms with Crippen molar-refractivity contribution in [3.63, 3.8) is 0 Å². The van der Waals surface area contributed by atoms with Gasteiger partial charge in [-0.3, -0.25) is 4.79 Å². The highest BCUT2D eigenvalue weighted by Crippen LogP contribution is 2.29. The number of hydrogen-bond donors (Lipinski definition) is 2. The van der Waals surface area contributed by atoms with Gasteiger partial charge in [0.05, 0.1) is 11.6 Å². The first kappa shape index (κ1) is 26.0. The summed E-state index contributed by atoms with van der Waals surface area (Å²) >= 11 is 0. The number of fused-ring (bicyclic) bond motifs is 1. The number of amides is 1. The lowest BCUT2D eigenvalue weighted by Crippen LogP contribution is -2.27. The monoisotopic (exact) mass is 516 g/mol. The molecule has 0 aliphatic carbocycles. The third-order valence-corrected chi connectivity index (χ3v) is 7.67. The van der Waals surface area contributed by atoms with Gasteiger partial charge < -0.3 is 15.0 Å². The van der Waals surface area contributed by atoms with Crippen molar-refractivity contribution in [2.75, 3.05) is 0 Å². The number of aryl methyl sites for hydroxylation is 2. The summed E-state index contributed by atoms with van der Waals surface area (Å²) in [5.74, 6) is -1.02. The van der Waals surface area contributed by atoms with E-state index in [-0.39, 0.29) is 11.9 Å². The molecule has 0 radical (unpaired) electrons. The second-order valence-electron chi connectivity index (χ2n) is 10.1. The lowest BCUT2D eigenvalue weighted by atomic mass is 9.99. The number of hydrogen-bond acceptors (Lipinski definition) is 2. The Morgan fingerprint density at radius 1 is 0.872 bits per heavy atom. The number of carbonyl (C=O) groups excluding carboxylic acids is 1. The maximum Gasteiger partial charge on any atom is 0.336 e. The summed E-state index contributed by atoms with van der Waals surface area (Å²) in [6.45, 7) is 8.94. The Morgan fingerprint density at radius 3 is 2.28 bits per heavy atom. The van der Waals surface area contributed by atoms with Crippen LogP contribution >= 0.6 is 0 Å². The molecule has 0 aliphatic rings. The zero-order valence-electron chi connectivity index (χ0n) is 22.7. The quantitative estimate of drug-likeness (QED) is 0.236. The van der Waals surface area contributed by atoms with Crippen LogP contribution in [0.4, 0.5) is 0 Å². The van der Waals surface area contributed by atoms with Gasteiger partial charge in [0, 0.05) is 28.7 Å². The van der Waals surface area contributed by atoms with Crippen LogP contribution < -0.4 is 5.32 Å². The van der Waals surface area contributed by atoms with Gasteiger partial charge in [0.15, 0.2) is 0 Å². The van der Waals surface area contributed by atoms with Crippen LogP contribution in [0.1, 0.15) is 61.6 Å². The molecule has 5 nitrogen and oxygen atoms in total. The van der Waals surface area contributed by atoms with Crippen molar-refractivity contribution in [3.05, 3.63) is 130 Å². The molecule has 1 heterocycles. The standard InChI is InChI=1S/C34H32N2O3/c1-21-9-5-6-10-28(21)23(3)35-33(37)27-17-18-32-31(19-27)22(2)24(4)36(32)20-25-13-15-26(16-14-25)29-11-7-8-12-30(29)34(38)39/h5-19,23H,20H2,1-4H3,(H,35,37)(H,38,39)/t23-/m0/s1. The maximum absolute atomic E-state index is 13.1. The second kappa shape index (κ2) is 10.6. The van der Waals surface area contributed by atoms with Crippen molar-refractivity contribution < 1.29 is 14.7 Å². The van der Waals surface area contributed by atoms with Crippen molar-refractivity contribution in [3.8, 4) is 11.1 Å². The molecule has 196 valence electrons. The van der Waals surface area contributed by atoms with Crippen LogP contribution in [0.25, 0.3) is 22.0 Å². The van der Waals surface area contributed by atoms with Crippen molar-refractivity contribution in [2.24, 2.45) is 0 Å². The van der Waals surface area contributed by atoms with Crippen molar-refractivity contribution in [1.82, 2.24) is 9.88 Å². The molecular formula is C34H32N2O3. The molecule has 0 fully saturated rings. The van der Waals surface area contributed by atoms with Crippen LogP contribution in [0.3, 0.4) is 0 Å². The molecule has 39 heavy (non-hydrogen) atoms. The largest absolute Gasteiger partial charge is 0.478 e. The fraction of sp³-hybridized carbons (Fsp3) is 0.176. The van der Waals surface area contributed by atoms with Crippen LogP contribution in [-0.2, 0) is 6.54 Å². The Kier molecular flexibility index (Phi) is 7.07. The molecule has 1 aromatic heterocycles. The van der Waals surface area contributed by atoms with E-state index in [2.05, 4.69) is 42.8 Å². The minimum absolute atomic E-state index is 0.0883. The Hall–Kier alpha value is -4.64. The molecule has 0 bridgehead atoms. The van der Waals surface area contributed by atoms with Crippen molar-refractivity contribution in [2.45, 2.75) is 40.3 Å². The topological polar surface area (TPSA) is 71.3 Å². The van der Waals surface area contributed by atoms with Crippen LogP contribution in [-0.4, -0.2) is 21.6 Å². The summed E-state index contributed by atoms with van der Waals surface area (Å²) in [5.41, 5.74) is 9.27. The lowest BCUT2D eigenvalue weighted by Gasteiger charge is -2.16. The van der Waals surface area contributed by atoms with E-state index in [1.165, 1.54) is 0 Å². The van der Waals surface area contributed by atoms with E-state index in [1.807, 2.05) is 73.7 Å². The number of carboxylic acid groups (broad SMARTS) is 1. The summed E-state index contributed by atoms with van der Waals surface area (Å²) in [7, 11) is 0. The third-order valence-electron chi connectivity index (χ3n) is 7.67. The fourth-order valence-electron chi connectivity index (χ4n) is 5.32. The number of aromatic carboxylic acids is 1. The normalized spacial score (nSPS) is 11.9. The molecule has 5 rings (SSSR count). The number of rotatable bonds is 7. The second-order valence-corrected chi connectivity index (χ2v) is 10.1. The molecule has 0 saturated carbocycles. The number of carboxylic acids is 1. The van der Waals surface area contributed by atoms with E-state index in [4.69, 9.17) is 0 Å². The molecule has 4 aromatic carbocycles. The summed E-state index contributed by atoms with van der Waals surface area (Å²) in [4.78, 5) is 24.8. The molecule has 0 aliphatic heterocycles. The lowest BCUT2D eigenvalue weighted by molar-refractivity contribution is 0.0697. The Labute approximate surface area is 228 Å². The van der Waals surface area contributed by atoms with E-state index < -0.39 is 5.97 Å². The Morgan fingerprint density at radius 2 is 1.56 bits per heavy atom. The maximum atomic E-state index is 13.1. The van der Waals surface area contributed by atoms with Crippen LogP contribution in [0.2, 0.25) is 0 Å². The van der Waals surface area contributed by atoms with Gasteiger partial charge in [-0.15, -0.1) is 0 Å². The van der Waals surface area contributed by atoms with Gasteiger partial charge in [-0.05, 0) is 85.3 Å².